The maximum Gasteiger partial charge on any atom is 0.258 e. The quantitative estimate of drug-likeness (QED) is 0.707. The number of rotatable bonds is 7. The van der Waals surface area contributed by atoms with Crippen molar-refractivity contribution >= 4 is 16.7 Å². The highest BCUT2D eigenvalue weighted by atomic mass is 16.5. The van der Waals surface area contributed by atoms with Gasteiger partial charge in [-0.1, -0.05) is 24.3 Å². The Kier molecular flexibility index (Phi) is 5.59. The molecule has 3 aromatic rings. The van der Waals surface area contributed by atoms with Crippen LogP contribution in [0.2, 0.25) is 0 Å². The Morgan fingerprint density at radius 3 is 2.12 bits per heavy atom. The Balaban J connectivity index is 1.54. The molecule has 1 N–H and O–H groups in total. The van der Waals surface area contributed by atoms with Crippen molar-refractivity contribution in [3.63, 3.8) is 0 Å². The van der Waals surface area contributed by atoms with Gasteiger partial charge in [0.2, 0.25) is 0 Å². The van der Waals surface area contributed by atoms with Crippen molar-refractivity contribution in [3.05, 3.63) is 66.2 Å². The molecule has 0 aliphatic carbocycles. The van der Waals surface area contributed by atoms with Crippen LogP contribution in [0, 0.1) is 0 Å². The fourth-order valence-corrected chi connectivity index (χ4v) is 2.56. The molecular weight excluding hydrogens is 330 g/mol. The van der Waals surface area contributed by atoms with Gasteiger partial charge in [0.1, 0.15) is 17.2 Å². The summed E-state index contributed by atoms with van der Waals surface area (Å²) in [5.74, 6) is 2.04. The summed E-state index contributed by atoms with van der Waals surface area (Å²) >= 11 is 0. The molecule has 1 amide bonds. The molecule has 3 aromatic carbocycles. The van der Waals surface area contributed by atoms with Crippen molar-refractivity contribution < 1.29 is 19.0 Å². The van der Waals surface area contributed by atoms with Gasteiger partial charge in [0.15, 0.2) is 6.61 Å². The molecule has 0 aliphatic heterocycles. The lowest BCUT2D eigenvalue weighted by molar-refractivity contribution is -0.123. The molecule has 5 nitrogen and oxygen atoms in total. The van der Waals surface area contributed by atoms with Crippen LogP contribution >= 0.6 is 0 Å². The molecule has 0 spiro atoms. The molecule has 0 aromatic heterocycles. The van der Waals surface area contributed by atoms with Crippen LogP contribution < -0.4 is 19.5 Å². The van der Waals surface area contributed by atoms with E-state index >= 15 is 0 Å². The summed E-state index contributed by atoms with van der Waals surface area (Å²) in [6.45, 7) is 0.409. The fourth-order valence-electron chi connectivity index (χ4n) is 2.56. The number of amides is 1. The number of hydrogen-bond donors (Lipinski definition) is 1. The van der Waals surface area contributed by atoms with Crippen molar-refractivity contribution in [3.8, 4) is 17.2 Å². The molecule has 0 bridgehead atoms. The Hall–Kier alpha value is -3.21. The Morgan fingerprint density at radius 2 is 1.42 bits per heavy atom. The summed E-state index contributed by atoms with van der Waals surface area (Å²) in [6, 6.07) is 19.1. The van der Waals surface area contributed by atoms with Crippen LogP contribution in [-0.2, 0) is 11.3 Å². The van der Waals surface area contributed by atoms with E-state index in [-0.39, 0.29) is 12.5 Å². The first-order valence-corrected chi connectivity index (χ1v) is 8.28. The summed E-state index contributed by atoms with van der Waals surface area (Å²) in [6.07, 6.45) is 0. The van der Waals surface area contributed by atoms with Crippen molar-refractivity contribution in [1.82, 2.24) is 5.32 Å². The second kappa shape index (κ2) is 8.25. The standard InChI is InChI=1S/C21H21NO4/c1-24-18-7-3-15(4-8-18)13-22-21(23)14-26-20-10-6-16-5-9-19(25-2)11-17(16)12-20/h3-12H,13-14H2,1-2H3,(H,22,23). The number of carbonyl (C=O) groups excluding carboxylic acids is 1. The lowest BCUT2D eigenvalue weighted by atomic mass is 10.1. The second-order valence-electron chi connectivity index (χ2n) is 5.79. The predicted molar refractivity (Wildman–Crippen MR) is 101 cm³/mol. The smallest absolute Gasteiger partial charge is 0.258 e. The molecular formula is C21H21NO4. The van der Waals surface area contributed by atoms with Gasteiger partial charge >= 0.3 is 0 Å². The highest BCUT2D eigenvalue weighted by molar-refractivity contribution is 5.85. The molecule has 0 fully saturated rings. The van der Waals surface area contributed by atoms with E-state index in [1.807, 2.05) is 60.7 Å². The van der Waals surface area contributed by atoms with Gasteiger partial charge in [-0.25, -0.2) is 0 Å². The van der Waals surface area contributed by atoms with Crippen LogP contribution in [0.5, 0.6) is 17.2 Å². The van der Waals surface area contributed by atoms with Crippen molar-refractivity contribution in [2.45, 2.75) is 6.54 Å². The summed E-state index contributed by atoms with van der Waals surface area (Å²) in [5, 5.41) is 4.92. The molecule has 5 heteroatoms. The number of methoxy groups -OCH3 is 2. The van der Waals surface area contributed by atoms with E-state index in [4.69, 9.17) is 14.2 Å². The number of ether oxygens (including phenoxy) is 3. The van der Waals surface area contributed by atoms with Crippen LogP contribution in [0.25, 0.3) is 10.8 Å². The van der Waals surface area contributed by atoms with E-state index < -0.39 is 0 Å². The topological polar surface area (TPSA) is 56.8 Å². The van der Waals surface area contributed by atoms with Crippen molar-refractivity contribution in [2.75, 3.05) is 20.8 Å². The fraction of sp³-hybridized carbons (Fsp3) is 0.190. The van der Waals surface area contributed by atoms with Crippen molar-refractivity contribution in [1.29, 1.82) is 0 Å². The Labute approximate surface area is 152 Å². The highest BCUT2D eigenvalue weighted by Crippen LogP contribution is 2.24. The number of nitrogens with one attached hydrogen (secondary N) is 1. The first-order valence-electron chi connectivity index (χ1n) is 8.28. The first-order chi connectivity index (χ1) is 12.7. The van der Waals surface area contributed by atoms with Gasteiger partial charge in [-0.3, -0.25) is 4.79 Å². The largest absolute Gasteiger partial charge is 0.497 e. The SMILES string of the molecule is COc1ccc(CNC(=O)COc2ccc3ccc(OC)cc3c2)cc1. The van der Waals surface area contributed by atoms with Gasteiger partial charge in [-0.05, 0) is 52.7 Å². The molecule has 3 rings (SSSR count). The zero-order chi connectivity index (χ0) is 18.4. The minimum absolute atomic E-state index is 0.0361. The van der Waals surface area contributed by atoms with Gasteiger partial charge in [-0.2, -0.15) is 0 Å². The molecule has 0 heterocycles. The number of fused-ring (bicyclic) bond motifs is 1. The number of hydrogen-bond acceptors (Lipinski definition) is 4. The van der Waals surface area contributed by atoms with E-state index in [2.05, 4.69) is 5.32 Å². The van der Waals surface area contributed by atoms with Gasteiger partial charge in [-0.15, -0.1) is 0 Å². The van der Waals surface area contributed by atoms with Crippen molar-refractivity contribution in [2.24, 2.45) is 0 Å². The third-order valence-corrected chi connectivity index (χ3v) is 4.04. The molecule has 0 atom stereocenters. The third-order valence-electron chi connectivity index (χ3n) is 4.04. The van der Waals surface area contributed by atoms with Crippen LogP contribution in [0.4, 0.5) is 0 Å². The van der Waals surface area contributed by atoms with E-state index in [0.717, 1.165) is 27.8 Å². The normalized spacial score (nSPS) is 10.4. The highest BCUT2D eigenvalue weighted by Gasteiger charge is 2.05. The molecule has 0 saturated carbocycles. The number of benzene rings is 3. The van der Waals surface area contributed by atoms with Crippen LogP contribution in [0.15, 0.2) is 60.7 Å². The third kappa shape index (κ3) is 4.45. The molecule has 134 valence electrons. The zero-order valence-corrected chi connectivity index (χ0v) is 14.8. The van der Waals surface area contributed by atoms with E-state index in [0.29, 0.717) is 12.3 Å². The Morgan fingerprint density at radius 1 is 0.808 bits per heavy atom. The second-order valence-corrected chi connectivity index (χ2v) is 5.79. The van der Waals surface area contributed by atoms with Crippen LogP contribution in [0.1, 0.15) is 5.56 Å². The maximum atomic E-state index is 12.0. The molecule has 26 heavy (non-hydrogen) atoms. The summed E-state index contributed by atoms with van der Waals surface area (Å²) in [7, 11) is 3.26. The van der Waals surface area contributed by atoms with Gasteiger partial charge in [0.25, 0.3) is 5.91 Å². The van der Waals surface area contributed by atoms with Gasteiger partial charge in [0, 0.05) is 6.54 Å². The van der Waals surface area contributed by atoms with Crippen LogP contribution in [-0.4, -0.2) is 26.7 Å². The predicted octanol–water partition coefficient (Wildman–Crippen LogP) is 3.55. The average Bonchev–Trinajstić information content (AvgIpc) is 2.70. The summed E-state index contributed by atoms with van der Waals surface area (Å²) in [4.78, 5) is 12.0. The van der Waals surface area contributed by atoms with E-state index in [9.17, 15) is 4.79 Å². The summed E-state index contributed by atoms with van der Waals surface area (Å²) in [5.41, 5.74) is 0.997. The summed E-state index contributed by atoms with van der Waals surface area (Å²) < 4.78 is 15.9. The number of carbonyl (C=O) groups is 1. The molecule has 0 saturated heterocycles. The van der Waals surface area contributed by atoms with Crippen LogP contribution in [0.3, 0.4) is 0 Å². The van der Waals surface area contributed by atoms with E-state index in [1.165, 1.54) is 0 Å². The lowest BCUT2D eigenvalue weighted by Gasteiger charge is -2.09. The Bertz CT molecular complexity index is 890. The first kappa shape index (κ1) is 17.6. The molecule has 0 unspecified atom stereocenters. The average molecular weight is 351 g/mol. The van der Waals surface area contributed by atoms with E-state index in [1.54, 1.807) is 14.2 Å². The minimum atomic E-state index is -0.174. The maximum absolute atomic E-state index is 12.0. The molecule has 0 aliphatic rings. The van der Waals surface area contributed by atoms with Gasteiger partial charge < -0.3 is 19.5 Å². The zero-order valence-electron chi connectivity index (χ0n) is 14.8. The van der Waals surface area contributed by atoms with Gasteiger partial charge in [0.05, 0.1) is 14.2 Å². The molecule has 0 radical (unpaired) electrons. The monoisotopic (exact) mass is 351 g/mol. The minimum Gasteiger partial charge on any atom is -0.497 e. The lowest BCUT2D eigenvalue weighted by Crippen LogP contribution is -2.28.